The molecule has 3 heterocycles. The van der Waals surface area contributed by atoms with Gasteiger partial charge in [0.2, 0.25) is 0 Å². The van der Waals surface area contributed by atoms with Crippen LogP contribution in [0.1, 0.15) is 83.0 Å². The molecule has 0 radical (unpaired) electrons. The molecule has 33 heavy (non-hydrogen) atoms. The van der Waals surface area contributed by atoms with Crippen molar-refractivity contribution in [3.63, 3.8) is 0 Å². The number of fused-ring (bicyclic) bond motifs is 2. The molecule has 2 aromatic heterocycles. The lowest BCUT2D eigenvalue weighted by Crippen LogP contribution is -2.31. The van der Waals surface area contributed by atoms with E-state index in [1.54, 1.807) is 4.68 Å². The lowest BCUT2D eigenvalue weighted by molar-refractivity contribution is 0.0934. The van der Waals surface area contributed by atoms with Gasteiger partial charge < -0.3 is 5.32 Å². The minimum atomic E-state index is -3.06. The normalized spacial score (nSPS) is 24.0. The third-order valence-electron chi connectivity index (χ3n) is 7.33. The molecule has 2 atom stereocenters. The number of nitrogens with one attached hydrogen (secondary N) is 1. The van der Waals surface area contributed by atoms with Crippen LogP contribution in [0.2, 0.25) is 0 Å². The van der Waals surface area contributed by atoms with Crippen LogP contribution in [0.25, 0.3) is 11.0 Å². The van der Waals surface area contributed by atoms with Gasteiger partial charge >= 0.3 is 0 Å². The Morgan fingerprint density at radius 1 is 1.15 bits per heavy atom. The summed E-state index contributed by atoms with van der Waals surface area (Å²) in [5.41, 5.74) is 5.40. The maximum Gasteiger partial charge on any atom is 0.252 e. The number of amides is 1. The molecule has 1 N–H and O–H groups in total. The number of carbonyl (C=O) groups is 1. The summed E-state index contributed by atoms with van der Waals surface area (Å²) in [5, 5.41) is 8.72. The van der Waals surface area contributed by atoms with Gasteiger partial charge in [-0.05, 0) is 62.6 Å². The first-order valence-corrected chi connectivity index (χ1v) is 13.7. The largest absolute Gasteiger partial charge is 0.345 e. The molecule has 1 amide bonds. The summed E-state index contributed by atoms with van der Waals surface area (Å²) in [5.74, 6) is 0.522. The van der Waals surface area contributed by atoms with E-state index in [1.165, 1.54) is 11.1 Å². The zero-order valence-corrected chi connectivity index (χ0v) is 19.6. The summed E-state index contributed by atoms with van der Waals surface area (Å²) in [7, 11) is -3.06. The number of aryl methyl sites for hydroxylation is 2. The summed E-state index contributed by atoms with van der Waals surface area (Å²) >= 11 is 0. The van der Waals surface area contributed by atoms with Crippen LogP contribution in [0.15, 0.2) is 30.3 Å². The molecule has 0 unspecified atom stereocenters. The average molecular weight is 465 g/mol. The Balaban J connectivity index is 1.41. The van der Waals surface area contributed by atoms with E-state index >= 15 is 0 Å². The smallest absolute Gasteiger partial charge is 0.252 e. The molecule has 3 aromatic rings. The second-order valence-corrected chi connectivity index (χ2v) is 12.0. The first-order chi connectivity index (χ1) is 15.9. The Hall–Kier alpha value is -2.74. The minimum Gasteiger partial charge on any atom is -0.345 e. The highest BCUT2D eigenvalue weighted by Gasteiger charge is 2.34. The number of hydrogen-bond acceptors (Lipinski definition) is 5. The number of pyridine rings is 1. The van der Waals surface area contributed by atoms with Gasteiger partial charge in [0.05, 0.1) is 40.2 Å². The lowest BCUT2D eigenvalue weighted by atomic mass is 9.87. The first kappa shape index (κ1) is 20.8. The zero-order chi connectivity index (χ0) is 22.7. The van der Waals surface area contributed by atoms with E-state index in [0.717, 1.165) is 48.9 Å². The fourth-order valence-corrected chi connectivity index (χ4v) is 7.15. The van der Waals surface area contributed by atoms with Crippen molar-refractivity contribution in [2.75, 3.05) is 11.5 Å². The number of rotatable bonds is 4. The first-order valence-electron chi connectivity index (χ1n) is 11.9. The maximum atomic E-state index is 13.6. The number of sulfone groups is 1. The van der Waals surface area contributed by atoms with Crippen molar-refractivity contribution in [1.82, 2.24) is 20.1 Å². The molecular weight excluding hydrogens is 436 g/mol. The van der Waals surface area contributed by atoms with Gasteiger partial charge in [0.25, 0.3) is 5.91 Å². The van der Waals surface area contributed by atoms with Gasteiger partial charge in [-0.2, -0.15) is 5.10 Å². The van der Waals surface area contributed by atoms with E-state index < -0.39 is 9.84 Å². The quantitative estimate of drug-likeness (QED) is 0.634. The molecule has 8 heteroatoms. The minimum absolute atomic E-state index is 0.00892. The standard InChI is InChI=1S/C25H28N4O3S/c1-15-23-20(25(30)27-21-8-4-6-16-5-2-3-7-19(16)21)13-22(17-9-10-17)26-24(23)29(28-15)18-11-12-33(31,32)14-18/h2-3,5,7,13,17-18,21H,4,6,8-12,14H2,1H3,(H,27,30)/t18-,21+/m1/s1. The van der Waals surface area contributed by atoms with E-state index in [-0.39, 0.29) is 29.5 Å². The summed E-state index contributed by atoms with van der Waals surface area (Å²) in [6.45, 7) is 1.88. The van der Waals surface area contributed by atoms with Crippen LogP contribution in [0.5, 0.6) is 0 Å². The molecule has 6 rings (SSSR count). The highest BCUT2D eigenvalue weighted by atomic mass is 32.2. The van der Waals surface area contributed by atoms with Crippen LogP contribution >= 0.6 is 0 Å². The summed E-state index contributed by atoms with van der Waals surface area (Å²) < 4.78 is 26.0. The second-order valence-electron chi connectivity index (χ2n) is 9.77. The van der Waals surface area contributed by atoms with E-state index in [4.69, 9.17) is 10.1 Å². The molecule has 1 aromatic carbocycles. The molecule has 2 fully saturated rings. The van der Waals surface area contributed by atoms with Gasteiger partial charge in [0.1, 0.15) is 0 Å². The van der Waals surface area contributed by atoms with E-state index in [9.17, 15) is 13.2 Å². The van der Waals surface area contributed by atoms with Crippen molar-refractivity contribution in [3.05, 3.63) is 58.4 Å². The number of aromatic nitrogens is 3. The van der Waals surface area contributed by atoms with Gasteiger partial charge in [-0.1, -0.05) is 24.3 Å². The van der Waals surface area contributed by atoms with Crippen LogP contribution < -0.4 is 5.32 Å². The molecule has 0 bridgehead atoms. The van der Waals surface area contributed by atoms with E-state index in [2.05, 4.69) is 23.5 Å². The predicted octanol–water partition coefficient (Wildman–Crippen LogP) is 3.78. The summed E-state index contributed by atoms with van der Waals surface area (Å²) in [6.07, 6.45) is 5.69. The van der Waals surface area contributed by atoms with Crippen molar-refractivity contribution in [2.45, 2.75) is 63.5 Å². The fourth-order valence-electron chi connectivity index (χ4n) is 5.46. The van der Waals surface area contributed by atoms with Crippen LogP contribution in [-0.4, -0.2) is 40.6 Å². The predicted molar refractivity (Wildman–Crippen MR) is 126 cm³/mol. The molecule has 1 saturated heterocycles. The van der Waals surface area contributed by atoms with Gasteiger partial charge in [-0.25, -0.2) is 18.1 Å². The third-order valence-corrected chi connectivity index (χ3v) is 9.08. The van der Waals surface area contributed by atoms with Gasteiger partial charge in [-0.3, -0.25) is 4.79 Å². The number of carbonyl (C=O) groups excluding carboxylic acids is 1. The highest BCUT2D eigenvalue weighted by Crippen LogP contribution is 2.41. The Labute approximate surface area is 193 Å². The van der Waals surface area contributed by atoms with Crippen molar-refractivity contribution in [3.8, 4) is 0 Å². The Morgan fingerprint density at radius 3 is 2.73 bits per heavy atom. The van der Waals surface area contributed by atoms with Crippen LogP contribution in [0.3, 0.4) is 0 Å². The van der Waals surface area contributed by atoms with Crippen LogP contribution in [0.4, 0.5) is 0 Å². The van der Waals surface area contributed by atoms with Gasteiger partial charge in [-0.15, -0.1) is 0 Å². The topological polar surface area (TPSA) is 93.9 Å². The zero-order valence-electron chi connectivity index (χ0n) is 18.8. The SMILES string of the molecule is Cc1nn([C@@H]2CCS(=O)(=O)C2)c2nc(C3CC3)cc(C(=O)N[C@H]3CCCc4ccccc43)c12. The van der Waals surface area contributed by atoms with Gasteiger partial charge in [0.15, 0.2) is 15.5 Å². The van der Waals surface area contributed by atoms with Gasteiger partial charge in [0, 0.05) is 11.6 Å². The number of benzene rings is 1. The highest BCUT2D eigenvalue weighted by molar-refractivity contribution is 7.91. The molecule has 7 nitrogen and oxygen atoms in total. The molecular formula is C25H28N4O3S. The maximum absolute atomic E-state index is 13.6. The summed E-state index contributed by atoms with van der Waals surface area (Å²) in [4.78, 5) is 18.5. The molecule has 1 aliphatic heterocycles. The third kappa shape index (κ3) is 3.74. The lowest BCUT2D eigenvalue weighted by Gasteiger charge is -2.26. The number of hydrogen-bond donors (Lipinski definition) is 1. The number of nitrogens with zero attached hydrogens (tertiary/aromatic N) is 3. The molecule has 1 saturated carbocycles. The Kier molecular flexibility index (Phi) is 4.83. The van der Waals surface area contributed by atoms with Crippen molar-refractivity contribution < 1.29 is 13.2 Å². The van der Waals surface area contributed by atoms with Crippen molar-refractivity contribution >= 4 is 26.8 Å². The second kappa shape index (κ2) is 7.65. The monoisotopic (exact) mass is 464 g/mol. The Morgan fingerprint density at radius 2 is 1.97 bits per heavy atom. The summed E-state index contributed by atoms with van der Waals surface area (Å²) in [6, 6.07) is 10.0. The van der Waals surface area contributed by atoms with E-state index in [1.807, 2.05) is 19.1 Å². The molecule has 2 aliphatic carbocycles. The Bertz CT molecular complexity index is 1370. The van der Waals surface area contributed by atoms with Crippen molar-refractivity contribution in [1.29, 1.82) is 0 Å². The van der Waals surface area contributed by atoms with Crippen LogP contribution in [0, 0.1) is 6.92 Å². The molecule has 0 spiro atoms. The fraction of sp³-hybridized carbons (Fsp3) is 0.480. The van der Waals surface area contributed by atoms with Crippen molar-refractivity contribution in [2.24, 2.45) is 0 Å². The molecule has 3 aliphatic rings. The van der Waals surface area contributed by atoms with E-state index in [0.29, 0.717) is 23.5 Å². The molecule has 172 valence electrons. The van der Waals surface area contributed by atoms with Crippen LogP contribution in [-0.2, 0) is 16.3 Å². The average Bonchev–Trinajstić information content (AvgIpc) is 3.52.